The van der Waals surface area contributed by atoms with Crippen LogP contribution in [0.5, 0.6) is 11.5 Å². The van der Waals surface area contributed by atoms with Gasteiger partial charge >= 0.3 is 7.12 Å². The van der Waals surface area contributed by atoms with Gasteiger partial charge in [-0.05, 0) is 68.0 Å². The highest BCUT2D eigenvalue weighted by Gasteiger charge is 2.51. The molecule has 1 saturated heterocycles. The van der Waals surface area contributed by atoms with Crippen LogP contribution in [0, 0.1) is 0 Å². The SMILES string of the molecule is CC1(C)OB(c2ccc3nc(N)nc(C(=O)N4Cc5ccccc5C4)c3c2)OC1(C)C.COc1cc(Br)c(CO)cc1OC. The molecule has 1 fully saturated rings. The molecule has 12 heteroatoms. The minimum Gasteiger partial charge on any atom is -0.493 e. The summed E-state index contributed by atoms with van der Waals surface area (Å²) in [6.07, 6.45) is 0. The van der Waals surface area contributed by atoms with E-state index in [4.69, 9.17) is 29.6 Å². The predicted octanol–water partition coefficient (Wildman–Crippen LogP) is 4.63. The fourth-order valence-electron chi connectivity index (χ4n) is 5.10. The Morgan fingerprint density at radius 3 is 2.14 bits per heavy atom. The number of hydrogen-bond donors (Lipinski definition) is 2. The molecular weight excluding hydrogens is 627 g/mol. The Hall–Kier alpha value is -3.71. The summed E-state index contributed by atoms with van der Waals surface area (Å²) in [5.74, 6) is 1.18. The first-order chi connectivity index (χ1) is 20.9. The van der Waals surface area contributed by atoms with Crippen LogP contribution in [0.1, 0.15) is 54.9 Å². The number of halogens is 1. The third kappa shape index (κ3) is 6.12. The van der Waals surface area contributed by atoms with Gasteiger partial charge in [-0.1, -0.05) is 52.3 Å². The minimum atomic E-state index is -0.536. The van der Waals surface area contributed by atoms with Crippen molar-refractivity contribution in [1.29, 1.82) is 0 Å². The van der Waals surface area contributed by atoms with Gasteiger partial charge in [0.25, 0.3) is 5.91 Å². The summed E-state index contributed by atoms with van der Waals surface area (Å²) in [7, 11) is 2.60. The van der Waals surface area contributed by atoms with Crippen LogP contribution in [-0.2, 0) is 29.0 Å². The van der Waals surface area contributed by atoms with Crippen LogP contribution in [0.25, 0.3) is 10.9 Å². The summed E-state index contributed by atoms with van der Waals surface area (Å²) >= 11 is 3.32. The average molecular weight is 663 g/mol. The fraction of sp³-hybridized carbons (Fsp3) is 0.344. The number of aliphatic hydroxyl groups is 1. The highest BCUT2D eigenvalue weighted by atomic mass is 79.9. The molecule has 0 spiro atoms. The van der Waals surface area contributed by atoms with Crippen molar-refractivity contribution >= 4 is 51.3 Å². The maximum Gasteiger partial charge on any atom is 0.494 e. The van der Waals surface area contributed by atoms with Gasteiger partial charge in [0, 0.05) is 22.9 Å². The lowest BCUT2D eigenvalue weighted by molar-refractivity contribution is 0.00578. The van der Waals surface area contributed by atoms with E-state index in [2.05, 4.69) is 25.9 Å². The number of aliphatic hydroxyl groups excluding tert-OH is 1. The van der Waals surface area contributed by atoms with Gasteiger partial charge in [0.05, 0.1) is 37.5 Å². The van der Waals surface area contributed by atoms with Crippen molar-refractivity contribution in [3.05, 3.63) is 81.5 Å². The monoisotopic (exact) mass is 662 g/mol. The number of carbonyl (C=O) groups is 1. The van der Waals surface area contributed by atoms with Crippen LogP contribution in [0.4, 0.5) is 5.95 Å². The molecule has 10 nitrogen and oxygen atoms in total. The molecule has 3 N–H and O–H groups in total. The fourth-order valence-corrected chi connectivity index (χ4v) is 5.54. The van der Waals surface area contributed by atoms with E-state index in [1.54, 1.807) is 31.3 Å². The highest BCUT2D eigenvalue weighted by Crippen LogP contribution is 2.37. The number of hydrogen-bond acceptors (Lipinski definition) is 9. The van der Waals surface area contributed by atoms with Crippen LogP contribution >= 0.6 is 15.9 Å². The third-order valence-corrected chi connectivity index (χ3v) is 9.05. The number of amides is 1. The summed E-state index contributed by atoms with van der Waals surface area (Å²) in [6.45, 7) is 9.13. The predicted molar refractivity (Wildman–Crippen MR) is 173 cm³/mol. The zero-order chi connectivity index (χ0) is 31.8. The van der Waals surface area contributed by atoms with Gasteiger partial charge in [-0.25, -0.2) is 9.97 Å². The van der Waals surface area contributed by atoms with Gasteiger partial charge in [0.15, 0.2) is 11.5 Å². The Bertz CT molecular complexity index is 1680. The van der Waals surface area contributed by atoms with Gasteiger partial charge in [0.1, 0.15) is 5.69 Å². The number of methoxy groups -OCH3 is 2. The smallest absolute Gasteiger partial charge is 0.493 e. The van der Waals surface area contributed by atoms with Crippen molar-refractivity contribution < 1.29 is 28.7 Å². The van der Waals surface area contributed by atoms with Gasteiger partial charge in [-0.15, -0.1) is 0 Å². The van der Waals surface area contributed by atoms with Crippen LogP contribution < -0.4 is 20.7 Å². The van der Waals surface area contributed by atoms with E-state index in [9.17, 15) is 4.79 Å². The highest BCUT2D eigenvalue weighted by molar-refractivity contribution is 9.10. The van der Waals surface area contributed by atoms with Crippen molar-refractivity contribution in [3.8, 4) is 11.5 Å². The molecule has 6 rings (SSSR count). The van der Waals surface area contributed by atoms with E-state index in [0.717, 1.165) is 26.6 Å². The second-order valence-corrected chi connectivity index (χ2v) is 12.5. The molecule has 1 amide bonds. The van der Waals surface area contributed by atoms with Crippen LogP contribution in [0.3, 0.4) is 0 Å². The molecule has 3 aromatic carbocycles. The first-order valence-corrected chi connectivity index (χ1v) is 15.0. The average Bonchev–Trinajstić information content (AvgIpc) is 3.53. The molecule has 0 aliphatic carbocycles. The van der Waals surface area contributed by atoms with Gasteiger partial charge in [-0.2, -0.15) is 0 Å². The number of nitrogens with zero attached hydrogens (tertiary/aromatic N) is 3. The van der Waals surface area contributed by atoms with E-state index in [1.165, 1.54) is 0 Å². The van der Waals surface area contributed by atoms with Crippen molar-refractivity contribution in [1.82, 2.24) is 14.9 Å². The van der Waals surface area contributed by atoms with Crippen molar-refractivity contribution in [2.75, 3.05) is 20.0 Å². The largest absolute Gasteiger partial charge is 0.494 e. The lowest BCUT2D eigenvalue weighted by Gasteiger charge is -2.32. The maximum atomic E-state index is 13.4. The van der Waals surface area contributed by atoms with Crippen molar-refractivity contribution in [2.24, 2.45) is 0 Å². The van der Waals surface area contributed by atoms with E-state index < -0.39 is 18.3 Å². The standard InChI is InChI=1S/C23H25BN4O3.C9H11BrO3/c1-22(2)23(3,4)31-24(30-22)16-9-10-18-17(11-16)19(27-21(25)26-18)20(29)28-12-14-7-5-6-8-15(14)13-28;1-12-8-3-6(5-11)7(10)4-9(8)13-2/h5-11H,12-13H2,1-4H3,(H2,25,26,27);3-4,11H,5H2,1-2H3. The summed E-state index contributed by atoms with van der Waals surface area (Å²) in [4.78, 5) is 23.9. The van der Waals surface area contributed by atoms with Crippen LogP contribution in [0.2, 0.25) is 0 Å². The molecule has 0 bridgehead atoms. The van der Waals surface area contributed by atoms with E-state index >= 15 is 0 Å². The summed E-state index contributed by atoms with van der Waals surface area (Å²) < 4.78 is 23.3. The molecule has 44 heavy (non-hydrogen) atoms. The molecule has 0 unspecified atom stereocenters. The normalized spacial score (nSPS) is 16.4. The molecule has 0 atom stereocenters. The summed E-state index contributed by atoms with van der Waals surface area (Å²) in [5.41, 5.74) is 9.84. The maximum absolute atomic E-state index is 13.4. The van der Waals surface area contributed by atoms with Crippen LogP contribution in [0.15, 0.2) is 59.1 Å². The molecule has 4 aromatic rings. The van der Waals surface area contributed by atoms with Gasteiger partial charge in [-0.3, -0.25) is 4.79 Å². The number of nitrogens with two attached hydrogens (primary N) is 1. The molecule has 1 aromatic heterocycles. The van der Waals surface area contributed by atoms with Crippen LogP contribution in [-0.4, -0.2) is 58.4 Å². The lowest BCUT2D eigenvalue weighted by Crippen LogP contribution is -2.41. The van der Waals surface area contributed by atoms with E-state index in [0.29, 0.717) is 41.2 Å². The quantitative estimate of drug-likeness (QED) is 0.294. The van der Waals surface area contributed by atoms with E-state index in [-0.39, 0.29) is 18.5 Å². The molecule has 0 saturated carbocycles. The Morgan fingerprint density at radius 1 is 0.977 bits per heavy atom. The van der Waals surface area contributed by atoms with Gasteiger partial charge in [0.2, 0.25) is 5.95 Å². The molecule has 0 radical (unpaired) electrons. The first kappa shape index (κ1) is 31.7. The summed E-state index contributed by atoms with van der Waals surface area (Å²) in [6, 6.07) is 17.2. The Balaban J connectivity index is 0.000000249. The Labute approximate surface area is 265 Å². The topological polar surface area (TPSA) is 129 Å². The minimum absolute atomic E-state index is 0.0268. The van der Waals surface area contributed by atoms with E-state index in [1.807, 2.05) is 70.2 Å². The zero-order valence-electron chi connectivity index (χ0n) is 25.7. The molecular formula is C32H36BBrN4O6. The molecule has 230 valence electrons. The molecule has 2 aliphatic heterocycles. The molecule has 2 aliphatic rings. The Morgan fingerprint density at radius 2 is 1.57 bits per heavy atom. The summed E-state index contributed by atoms with van der Waals surface area (Å²) in [5, 5.41) is 9.62. The number of rotatable bonds is 5. The number of nitrogen functional groups attached to an aromatic ring is 1. The van der Waals surface area contributed by atoms with Crippen molar-refractivity contribution in [2.45, 2.75) is 58.6 Å². The second kappa shape index (κ2) is 12.4. The number of ether oxygens (including phenoxy) is 2. The number of aromatic nitrogens is 2. The number of fused-ring (bicyclic) bond motifs is 2. The number of anilines is 1. The third-order valence-electron chi connectivity index (χ3n) is 8.32. The molecule has 3 heterocycles. The lowest BCUT2D eigenvalue weighted by atomic mass is 9.78. The van der Waals surface area contributed by atoms with Crippen molar-refractivity contribution in [3.63, 3.8) is 0 Å². The van der Waals surface area contributed by atoms with Gasteiger partial charge < -0.3 is 34.5 Å². The first-order valence-electron chi connectivity index (χ1n) is 14.2. The Kier molecular flexibility index (Phi) is 8.90. The zero-order valence-corrected chi connectivity index (χ0v) is 27.3. The number of carbonyl (C=O) groups excluding carboxylic acids is 1. The second-order valence-electron chi connectivity index (χ2n) is 11.7. The number of benzene rings is 3.